The quantitative estimate of drug-likeness (QED) is 0.731. The topological polar surface area (TPSA) is 55.6 Å². The highest BCUT2D eigenvalue weighted by atomic mass is 16.5. The molecule has 1 amide bonds. The van der Waals surface area contributed by atoms with Crippen molar-refractivity contribution in [2.24, 2.45) is 11.7 Å². The summed E-state index contributed by atoms with van der Waals surface area (Å²) in [6, 6.07) is 0.345. The molecule has 1 saturated carbocycles. The van der Waals surface area contributed by atoms with E-state index in [1.165, 1.54) is 6.42 Å². The number of rotatable bonds is 7. The van der Waals surface area contributed by atoms with Gasteiger partial charge in [0.25, 0.3) is 0 Å². The van der Waals surface area contributed by atoms with Crippen molar-refractivity contribution >= 4 is 5.91 Å². The van der Waals surface area contributed by atoms with Crippen molar-refractivity contribution < 1.29 is 9.53 Å². The molecule has 1 fully saturated rings. The van der Waals surface area contributed by atoms with E-state index < -0.39 is 0 Å². The van der Waals surface area contributed by atoms with Crippen LogP contribution < -0.4 is 5.73 Å². The Hall–Kier alpha value is -0.610. The molecule has 20 heavy (non-hydrogen) atoms. The molecule has 0 aromatic carbocycles. The first kappa shape index (κ1) is 17.4. The van der Waals surface area contributed by atoms with Gasteiger partial charge in [-0.3, -0.25) is 4.79 Å². The zero-order valence-corrected chi connectivity index (χ0v) is 13.4. The third-order valence-electron chi connectivity index (χ3n) is 4.59. The summed E-state index contributed by atoms with van der Waals surface area (Å²) in [6.07, 6.45) is 7.42. The fraction of sp³-hybridized carbons (Fsp3) is 0.938. The Morgan fingerprint density at radius 3 is 2.50 bits per heavy atom. The van der Waals surface area contributed by atoms with Gasteiger partial charge in [-0.05, 0) is 25.7 Å². The Labute approximate surface area is 124 Å². The van der Waals surface area contributed by atoms with Crippen molar-refractivity contribution in [3.8, 4) is 0 Å². The Balaban J connectivity index is 2.78. The maximum absolute atomic E-state index is 12.9. The molecule has 1 aliphatic carbocycles. The zero-order chi connectivity index (χ0) is 15.0. The summed E-state index contributed by atoms with van der Waals surface area (Å²) in [5.41, 5.74) is 6.25. The van der Waals surface area contributed by atoms with Crippen LogP contribution in [0.2, 0.25) is 0 Å². The normalized spacial score (nSPS) is 23.6. The average Bonchev–Trinajstić information content (AvgIpc) is 2.67. The number of nitrogens with zero attached hydrogens (tertiary/aromatic N) is 1. The van der Waals surface area contributed by atoms with Crippen LogP contribution in [0.15, 0.2) is 0 Å². The maximum atomic E-state index is 12.9. The van der Waals surface area contributed by atoms with Gasteiger partial charge in [0.15, 0.2) is 0 Å². The lowest BCUT2D eigenvalue weighted by Gasteiger charge is -2.35. The van der Waals surface area contributed by atoms with Crippen LogP contribution in [0.3, 0.4) is 0 Å². The number of hydrogen-bond acceptors (Lipinski definition) is 3. The van der Waals surface area contributed by atoms with Crippen LogP contribution in [0.4, 0.5) is 0 Å². The van der Waals surface area contributed by atoms with E-state index in [-0.39, 0.29) is 17.9 Å². The molecule has 4 heteroatoms. The van der Waals surface area contributed by atoms with Gasteiger partial charge in [-0.1, -0.05) is 33.1 Å². The summed E-state index contributed by atoms with van der Waals surface area (Å²) in [5.74, 6) is 0.264. The highest BCUT2D eigenvalue weighted by molar-refractivity contribution is 5.80. The minimum Gasteiger partial charge on any atom is -0.383 e. The van der Waals surface area contributed by atoms with Gasteiger partial charge in [0.05, 0.1) is 12.5 Å². The average molecular weight is 284 g/mol. The van der Waals surface area contributed by atoms with Crippen molar-refractivity contribution in [3.05, 3.63) is 0 Å². The molecule has 4 nitrogen and oxygen atoms in total. The first-order chi connectivity index (χ1) is 9.65. The molecule has 2 atom stereocenters. The van der Waals surface area contributed by atoms with Crippen LogP contribution in [-0.4, -0.2) is 43.2 Å². The van der Waals surface area contributed by atoms with Crippen LogP contribution >= 0.6 is 0 Å². The summed E-state index contributed by atoms with van der Waals surface area (Å²) >= 11 is 0. The lowest BCUT2D eigenvalue weighted by molar-refractivity contribution is -0.139. The standard InChI is InChI=1S/C16H32N2O2/c1-4-13(5-2)18(11-12-20-3)16(19)14-9-7-6-8-10-15(14)17/h13-15H,4-12,17H2,1-3H3. The molecular formula is C16H32N2O2. The molecule has 2 unspecified atom stereocenters. The van der Waals surface area contributed by atoms with E-state index >= 15 is 0 Å². The second kappa shape index (κ2) is 9.35. The van der Waals surface area contributed by atoms with Gasteiger partial charge in [-0.25, -0.2) is 0 Å². The van der Waals surface area contributed by atoms with E-state index in [9.17, 15) is 4.79 Å². The van der Waals surface area contributed by atoms with Gasteiger partial charge < -0.3 is 15.4 Å². The number of carbonyl (C=O) groups excluding carboxylic acids is 1. The molecule has 118 valence electrons. The van der Waals surface area contributed by atoms with E-state index in [1.54, 1.807) is 7.11 Å². The first-order valence-electron chi connectivity index (χ1n) is 8.20. The van der Waals surface area contributed by atoms with Crippen LogP contribution in [0.5, 0.6) is 0 Å². The maximum Gasteiger partial charge on any atom is 0.227 e. The lowest BCUT2D eigenvalue weighted by atomic mass is 9.93. The first-order valence-corrected chi connectivity index (χ1v) is 8.20. The molecule has 0 aliphatic heterocycles. The van der Waals surface area contributed by atoms with Crippen LogP contribution in [0, 0.1) is 5.92 Å². The largest absolute Gasteiger partial charge is 0.383 e. The van der Waals surface area contributed by atoms with E-state index in [0.717, 1.165) is 38.5 Å². The van der Waals surface area contributed by atoms with E-state index in [1.807, 2.05) is 4.90 Å². The Morgan fingerprint density at radius 1 is 1.25 bits per heavy atom. The van der Waals surface area contributed by atoms with Crippen molar-refractivity contribution in [1.29, 1.82) is 0 Å². The van der Waals surface area contributed by atoms with Gasteiger partial charge in [-0.15, -0.1) is 0 Å². The molecule has 0 heterocycles. The van der Waals surface area contributed by atoms with Crippen molar-refractivity contribution in [3.63, 3.8) is 0 Å². The number of carbonyl (C=O) groups is 1. The smallest absolute Gasteiger partial charge is 0.227 e. The number of amides is 1. The highest BCUT2D eigenvalue weighted by Crippen LogP contribution is 2.25. The predicted molar refractivity (Wildman–Crippen MR) is 82.5 cm³/mol. The van der Waals surface area contributed by atoms with Crippen LogP contribution in [0.25, 0.3) is 0 Å². The van der Waals surface area contributed by atoms with Crippen LogP contribution in [-0.2, 0) is 9.53 Å². The molecule has 0 bridgehead atoms. The SMILES string of the molecule is CCC(CC)N(CCOC)C(=O)C1CCCCCC1N. The molecule has 0 aromatic rings. The van der Waals surface area contributed by atoms with Gasteiger partial charge in [0, 0.05) is 25.7 Å². The van der Waals surface area contributed by atoms with Crippen molar-refractivity contribution in [2.45, 2.75) is 70.9 Å². The minimum absolute atomic E-state index is 0.00922. The number of nitrogens with two attached hydrogens (primary N) is 1. The summed E-state index contributed by atoms with van der Waals surface area (Å²) in [6.45, 7) is 5.58. The van der Waals surface area contributed by atoms with E-state index in [0.29, 0.717) is 19.2 Å². The fourth-order valence-electron chi connectivity index (χ4n) is 3.25. The van der Waals surface area contributed by atoms with Gasteiger partial charge in [0.2, 0.25) is 5.91 Å². The molecule has 0 saturated heterocycles. The molecular weight excluding hydrogens is 252 g/mol. The molecule has 1 rings (SSSR count). The van der Waals surface area contributed by atoms with E-state index in [2.05, 4.69) is 13.8 Å². The van der Waals surface area contributed by atoms with E-state index in [4.69, 9.17) is 10.5 Å². The number of methoxy groups -OCH3 is 1. The lowest BCUT2D eigenvalue weighted by Crippen LogP contribution is -2.49. The number of ether oxygens (including phenoxy) is 1. The fourth-order valence-corrected chi connectivity index (χ4v) is 3.25. The van der Waals surface area contributed by atoms with Gasteiger partial charge in [0.1, 0.15) is 0 Å². The van der Waals surface area contributed by atoms with Crippen molar-refractivity contribution in [2.75, 3.05) is 20.3 Å². The summed E-state index contributed by atoms with van der Waals surface area (Å²) in [4.78, 5) is 14.9. The summed E-state index contributed by atoms with van der Waals surface area (Å²) in [5, 5.41) is 0. The predicted octanol–water partition coefficient (Wildman–Crippen LogP) is 2.56. The molecule has 2 N–H and O–H groups in total. The third kappa shape index (κ3) is 4.74. The van der Waals surface area contributed by atoms with Gasteiger partial charge in [-0.2, -0.15) is 0 Å². The monoisotopic (exact) mass is 284 g/mol. The molecule has 0 spiro atoms. The van der Waals surface area contributed by atoms with Gasteiger partial charge >= 0.3 is 0 Å². The van der Waals surface area contributed by atoms with Crippen molar-refractivity contribution in [1.82, 2.24) is 4.90 Å². The summed E-state index contributed by atoms with van der Waals surface area (Å²) < 4.78 is 5.18. The Morgan fingerprint density at radius 2 is 1.90 bits per heavy atom. The van der Waals surface area contributed by atoms with Crippen LogP contribution in [0.1, 0.15) is 58.8 Å². The highest BCUT2D eigenvalue weighted by Gasteiger charge is 2.32. The second-order valence-corrected chi connectivity index (χ2v) is 5.90. The minimum atomic E-state index is 0.00922. The Bertz CT molecular complexity index is 280. The molecule has 0 radical (unpaired) electrons. The molecule has 1 aliphatic rings. The summed E-state index contributed by atoms with van der Waals surface area (Å²) in [7, 11) is 1.69. The number of hydrogen-bond donors (Lipinski definition) is 1. The second-order valence-electron chi connectivity index (χ2n) is 5.90. The molecule has 0 aromatic heterocycles. The third-order valence-corrected chi connectivity index (χ3v) is 4.59. The Kier molecular flexibility index (Phi) is 8.15. The zero-order valence-electron chi connectivity index (χ0n) is 13.4.